The number of hydrogen-bond acceptors (Lipinski definition) is 5. The molecule has 4 atom stereocenters. The van der Waals surface area contributed by atoms with Gasteiger partial charge in [-0.25, -0.2) is 0 Å². The lowest BCUT2D eigenvalue weighted by atomic mass is 9.81. The zero-order chi connectivity index (χ0) is 17.5. The van der Waals surface area contributed by atoms with Gasteiger partial charge in [-0.15, -0.1) is 0 Å². The highest BCUT2D eigenvalue weighted by molar-refractivity contribution is 5.95. The van der Waals surface area contributed by atoms with Crippen molar-refractivity contribution in [2.45, 2.75) is 39.5 Å². The molecule has 132 valence electrons. The third-order valence-corrected chi connectivity index (χ3v) is 4.49. The number of hydrogen-bond donors (Lipinski definition) is 0. The summed E-state index contributed by atoms with van der Waals surface area (Å²) in [5.41, 5.74) is 0. The number of Topliss-reactive ketones (excluding diaryl/α,β-unsaturated/α-hetero) is 1. The number of esters is 2. The Labute approximate surface area is 143 Å². The molecule has 0 N–H and O–H groups in total. The summed E-state index contributed by atoms with van der Waals surface area (Å²) in [5.74, 6) is -2.70. The summed E-state index contributed by atoms with van der Waals surface area (Å²) in [6.45, 7) is 4.59. The Bertz CT molecular complexity index is 488. The summed E-state index contributed by atoms with van der Waals surface area (Å²) in [6.07, 6.45) is 9.79. The van der Waals surface area contributed by atoms with Crippen molar-refractivity contribution in [3.8, 4) is 0 Å². The lowest BCUT2D eigenvalue weighted by Gasteiger charge is -2.23. The van der Waals surface area contributed by atoms with Crippen LogP contribution in [0.1, 0.15) is 39.5 Å². The average molecular weight is 334 g/mol. The van der Waals surface area contributed by atoms with E-state index in [1.165, 1.54) is 0 Å². The summed E-state index contributed by atoms with van der Waals surface area (Å²) >= 11 is 0. The van der Waals surface area contributed by atoms with Crippen molar-refractivity contribution in [1.82, 2.24) is 0 Å². The van der Waals surface area contributed by atoms with E-state index in [1.807, 2.05) is 26.0 Å². The molecule has 2 rings (SSSR count). The molecule has 24 heavy (non-hydrogen) atoms. The van der Waals surface area contributed by atoms with Crippen LogP contribution >= 0.6 is 0 Å². The monoisotopic (exact) mass is 334 g/mol. The molecule has 0 aromatic carbocycles. The molecule has 0 saturated carbocycles. The smallest absolute Gasteiger partial charge is 0.310 e. The van der Waals surface area contributed by atoms with Crippen LogP contribution in [-0.4, -0.2) is 30.9 Å². The van der Waals surface area contributed by atoms with Gasteiger partial charge in [-0.1, -0.05) is 38.2 Å². The molecule has 0 amide bonds. The fourth-order valence-electron chi connectivity index (χ4n) is 3.22. The van der Waals surface area contributed by atoms with E-state index in [0.717, 1.165) is 12.8 Å². The second-order valence-electron chi connectivity index (χ2n) is 6.33. The molecule has 5 heteroatoms. The standard InChI is InChI=1S/C19H26O5/c1-3-11-23-18(21)15-9-5-7-13(15)17(20)14-8-6-10-16(14)19(22)24-12-4-2/h5-8,13-16H,3-4,9-12H2,1-2H3. The third kappa shape index (κ3) is 4.13. The number of carbonyl (C=O) groups is 3. The summed E-state index contributed by atoms with van der Waals surface area (Å²) < 4.78 is 10.4. The highest BCUT2D eigenvalue weighted by atomic mass is 16.5. The van der Waals surface area contributed by atoms with Crippen molar-refractivity contribution in [1.29, 1.82) is 0 Å². The summed E-state index contributed by atoms with van der Waals surface area (Å²) in [7, 11) is 0. The van der Waals surface area contributed by atoms with Crippen LogP contribution in [0.15, 0.2) is 24.3 Å². The summed E-state index contributed by atoms with van der Waals surface area (Å²) in [6, 6.07) is 0. The molecule has 0 spiro atoms. The molecule has 0 aliphatic heterocycles. The maximum atomic E-state index is 12.9. The first-order chi connectivity index (χ1) is 11.6. The van der Waals surface area contributed by atoms with E-state index in [2.05, 4.69) is 0 Å². The number of carbonyl (C=O) groups excluding carboxylic acids is 3. The molecule has 0 aromatic rings. The second-order valence-corrected chi connectivity index (χ2v) is 6.33. The Morgan fingerprint density at radius 3 is 1.62 bits per heavy atom. The van der Waals surface area contributed by atoms with E-state index in [4.69, 9.17) is 9.47 Å². The van der Waals surface area contributed by atoms with Crippen LogP contribution in [0.5, 0.6) is 0 Å². The van der Waals surface area contributed by atoms with Gasteiger partial charge in [0.1, 0.15) is 5.78 Å². The van der Waals surface area contributed by atoms with Gasteiger partial charge in [0.25, 0.3) is 0 Å². The first-order valence-corrected chi connectivity index (χ1v) is 8.80. The topological polar surface area (TPSA) is 69.7 Å². The summed E-state index contributed by atoms with van der Waals surface area (Å²) in [4.78, 5) is 37.2. The minimum Gasteiger partial charge on any atom is -0.465 e. The number of rotatable bonds is 8. The Morgan fingerprint density at radius 1 is 0.833 bits per heavy atom. The molecule has 0 radical (unpaired) electrons. The quantitative estimate of drug-likeness (QED) is 0.504. The molecule has 2 aliphatic carbocycles. The second kappa shape index (κ2) is 8.81. The van der Waals surface area contributed by atoms with Crippen LogP contribution in [0.3, 0.4) is 0 Å². The van der Waals surface area contributed by atoms with Gasteiger partial charge in [0.05, 0.1) is 25.0 Å². The van der Waals surface area contributed by atoms with Crippen LogP contribution in [0, 0.1) is 23.7 Å². The maximum Gasteiger partial charge on any atom is 0.310 e. The Hall–Kier alpha value is -1.91. The zero-order valence-corrected chi connectivity index (χ0v) is 14.4. The van der Waals surface area contributed by atoms with Crippen LogP contribution in [-0.2, 0) is 23.9 Å². The minimum atomic E-state index is -0.511. The van der Waals surface area contributed by atoms with Crippen molar-refractivity contribution in [3.63, 3.8) is 0 Å². The third-order valence-electron chi connectivity index (χ3n) is 4.49. The first-order valence-electron chi connectivity index (χ1n) is 8.80. The molecule has 0 bridgehead atoms. The van der Waals surface area contributed by atoms with Crippen molar-refractivity contribution in [3.05, 3.63) is 24.3 Å². The van der Waals surface area contributed by atoms with Crippen molar-refractivity contribution in [2.24, 2.45) is 23.7 Å². The molecule has 2 aliphatic rings. The lowest BCUT2D eigenvalue weighted by molar-refractivity contribution is -0.153. The molecular formula is C19H26O5. The molecule has 0 aromatic heterocycles. The highest BCUT2D eigenvalue weighted by Gasteiger charge is 2.43. The molecule has 0 fully saturated rings. The van der Waals surface area contributed by atoms with Gasteiger partial charge >= 0.3 is 11.9 Å². The average Bonchev–Trinajstić information content (AvgIpc) is 3.25. The fourth-order valence-corrected chi connectivity index (χ4v) is 3.22. The van der Waals surface area contributed by atoms with Gasteiger partial charge in [-0.05, 0) is 25.7 Å². The van der Waals surface area contributed by atoms with Crippen LogP contribution in [0.25, 0.3) is 0 Å². The van der Waals surface area contributed by atoms with Gasteiger partial charge in [0.2, 0.25) is 0 Å². The van der Waals surface area contributed by atoms with E-state index < -0.39 is 23.7 Å². The minimum absolute atomic E-state index is 0.0885. The first kappa shape index (κ1) is 18.4. The molecule has 4 unspecified atom stereocenters. The highest BCUT2D eigenvalue weighted by Crippen LogP contribution is 2.35. The Balaban J connectivity index is 2.03. The molecule has 0 heterocycles. The van der Waals surface area contributed by atoms with E-state index in [1.54, 1.807) is 12.2 Å². The van der Waals surface area contributed by atoms with Gasteiger partial charge in [-0.3, -0.25) is 14.4 Å². The maximum absolute atomic E-state index is 12.9. The van der Waals surface area contributed by atoms with Gasteiger partial charge in [0.15, 0.2) is 0 Å². The van der Waals surface area contributed by atoms with Crippen molar-refractivity contribution < 1.29 is 23.9 Å². The number of allylic oxidation sites excluding steroid dienone is 4. The fraction of sp³-hybridized carbons (Fsp3) is 0.632. The van der Waals surface area contributed by atoms with Crippen molar-refractivity contribution >= 4 is 17.7 Å². The van der Waals surface area contributed by atoms with Crippen LogP contribution < -0.4 is 0 Å². The lowest BCUT2D eigenvalue weighted by Crippen LogP contribution is -2.35. The van der Waals surface area contributed by atoms with Crippen LogP contribution in [0.4, 0.5) is 0 Å². The SMILES string of the molecule is CCCOC(=O)C1CC=CC1C(=O)C1C=CCC1C(=O)OCCC. The van der Waals surface area contributed by atoms with E-state index in [-0.39, 0.29) is 17.7 Å². The number of ketones is 1. The van der Waals surface area contributed by atoms with Crippen molar-refractivity contribution in [2.75, 3.05) is 13.2 Å². The van der Waals surface area contributed by atoms with Crippen LogP contribution in [0.2, 0.25) is 0 Å². The molecule has 0 saturated heterocycles. The van der Waals surface area contributed by atoms with E-state index in [9.17, 15) is 14.4 Å². The van der Waals surface area contributed by atoms with Gasteiger partial charge in [0, 0.05) is 11.8 Å². The van der Waals surface area contributed by atoms with Gasteiger partial charge in [-0.2, -0.15) is 0 Å². The Kier molecular flexibility index (Phi) is 6.76. The predicted octanol–water partition coefficient (Wildman–Crippen LogP) is 2.85. The van der Waals surface area contributed by atoms with Gasteiger partial charge < -0.3 is 9.47 Å². The zero-order valence-electron chi connectivity index (χ0n) is 14.4. The predicted molar refractivity (Wildman–Crippen MR) is 89.0 cm³/mol. The van der Waals surface area contributed by atoms with E-state index >= 15 is 0 Å². The largest absolute Gasteiger partial charge is 0.465 e. The molecule has 5 nitrogen and oxygen atoms in total. The molecular weight excluding hydrogens is 308 g/mol. The number of ether oxygens (including phenoxy) is 2. The van der Waals surface area contributed by atoms with E-state index in [0.29, 0.717) is 26.1 Å². The summed E-state index contributed by atoms with van der Waals surface area (Å²) in [5, 5.41) is 0. The Morgan fingerprint density at radius 2 is 1.25 bits per heavy atom. The normalized spacial score (nSPS) is 28.1.